The number of hydrogen-bond acceptors (Lipinski definition) is 2. The first kappa shape index (κ1) is 11.5. The Morgan fingerprint density at radius 2 is 2.25 bits per heavy atom. The minimum atomic E-state index is 0.594. The zero-order valence-electron chi connectivity index (χ0n) is 10.3. The first-order valence-corrected chi connectivity index (χ1v) is 6.33. The molecule has 0 bridgehead atoms. The fourth-order valence-electron chi connectivity index (χ4n) is 2.20. The first-order chi connectivity index (χ1) is 7.75. The molecule has 2 N–H and O–H groups in total. The van der Waals surface area contributed by atoms with Gasteiger partial charge < -0.3 is 10.6 Å². The lowest BCUT2D eigenvalue weighted by molar-refractivity contribution is 0.480. The van der Waals surface area contributed by atoms with Gasteiger partial charge in [-0.05, 0) is 43.0 Å². The number of benzene rings is 1. The average molecular weight is 218 g/mol. The highest BCUT2D eigenvalue weighted by molar-refractivity contribution is 5.47. The number of anilines is 1. The average Bonchev–Trinajstić information content (AvgIpc) is 2.30. The SMILES string of the molecule is CC(C)c1cccc(NC2CCCNC2)c1. The van der Waals surface area contributed by atoms with Crippen LogP contribution >= 0.6 is 0 Å². The summed E-state index contributed by atoms with van der Waals surface area (Å²) < 4.78 is 0. The molecule has 1 aliphatic heterocycles. The minimum Gasteiger partial charge on any atom is -0.381 e. The van der Waals surface area contributed by atoms with Gasteiger partial charge >= 0.3 is 0 Å². The lowest BCUT2D eigenvalue weighted by atomic mass is 10.0. The van der Waals surface area contributed by atoms with Crippen molar-refractivity contribution in [2.45, 2.75) is 38.6 Å². The molecule has 2 heteroatoms. The molecule has 1 fully saturated rings. The second-order valence-corrected chi connectivity index (χ2v) is 4.97. The van der Waals surface area contributed by atoms with Gasteiger partial charge in [-0.25, -0.2) is 0 Å². The Hall–Kier alpha value is -1.02. The third kappa shape index (κ3) is 2.99. The molecular formula is C14H22N2. The van der Waals surface area contributed by atoms with E-state index in [0.29, 0.717) is 12.0 Å². The van der Waals surface area contributed by atoms with Crippen molar-refractivity contribution >= 4 is 5.69 Å². The van der Waals surface area contributed by atoms with Crippen LogP contribution in [0.3, 0.4) is 0 Å². The monoisotopic (exact) mass is 218 g/mol. The van der Waals surface area contributed by atoms with Crippen LogP contribution in [0.1, 0.15) is 38.2 Å². The molecule has 2 rings (SSSR count). The Balaban J connectivity index is 2.00. The van der Waals surface area contributed by atoms with Crippen molar-refractivity contribution in [3.63, 3.8) is 0 Å². The molecule has 88 valence electrons. The highest BCUT2D eigenvalue weighted by Crippen LogP contribution is 2.20. The van der Waals surface area contributed by atoms with Gasteiger partial charge in [0.05, 0.1) is 0 Å². The van der Waals surface area contributed by atoms with E-state index in [9.17, 15) is 0 Å². The Morgan fingerprint density at radius 1 is 1.38 bits per heavy atom. The van der Waals surface area contributed by atoms with Crippen LogP contribution in [0.5, 0.6) is 0 Å². The van der Waals surface area contributed by atoms with Gasteiger partial charge in [0.1, 0.15) is 0 Å². The van der Waals surface area contributed by atoms with Gasteiger partial charge in [-0.2, -0.15) is 0 Å². The van der Waals surface area contributed by atoms with Gasteiger partial charge in [0.25, 0.3) is 0 Å². The van der Waals surface area contributed by atoms with Crippen molar-refractivity contribution in [2.75, 3.05) is 18.4 Å². The lowest BCUT2D eigenvalue weighted by Crippen LogP contribution is -2.38. The van der Waals surface area contributed by atoms with Gasteiger partial charge in [-0.1, -0.05) is 26.0 Å². The predicted octanol–water partition coefficient (Wildman–Crippen LogP) is 2.97. The molecule has 0 aliphatic carbocycles. The van der Waals surface area contributed by atoms with Crippen LogP contribution in [-0.4, -0.2) is 19.1 Å². The summed E-state index contributed by atoms with van der Waals surface area (Å²) in [5.41, 5.74) is 2.67. The maximum atomic E-state index is 3.61. The van der Waals surface area contributed by atoms with Crippen molar-refractivity contribution in [1.29, 1.82) is 0 Å². The molecule has 1 aromatic carbocycles. The van der Waals surface area contributed by atoms with Crippen molar-refractivity contribution in [2.24, 2.45) is 0 Å². The summed E-state index contributed by atoms with van der Waals surface area (Å²) in [5, 5.41) is 7.04. The normalized spacial score (nSPS) is 21.1. The van der Waals surface area contributed by atoms with Gasteiger partial charge in [0.2, 0.25) is 0 Å². The summed E-state index contributed by atoms with van der Waals surface area (Å²) in [7, 11) is 0. The molecule has 1 saturated heterocycles. The van der Waals surface area contributed by atoms with Crippen LogP contribution < -0.4 is 10.6 Å². The molecule has 1 atom stereocenters. The molecule has 2 nitrogen and oxygen atoms in total. The summed E-state index contributed by atoms with van der Waals surface area (Å²) in [4.78, 5) is 0. The van der Waals surface area contributed by atoms with Crippen molar-refractivity contribution in [3.8, 4) is 0 Å². The quantitative estimate of drug-likeness (QED) is 0.815. The molecule has 1 unspecified atom stereocenters. The maximum Gasteiger partial charge on any atom is 0.0386 e. The Morgan fingerprint density at radius 3 is 2.94 bits per heavy atom. The van der Waals surface area contributed by atoms with E-state index in [0.717, 1.165) is 6.54 Å². The fraction of sp³-hybridized carbons (Fsp3) is 0.571. The maximum absolute atomic E-state index is 3.61. The van der Waals surface area contributed by atoms with Crippen LogP contribution in [0, 0.1) is 0 Å². The van der Waals surface area contributed by atoms with Crippen molar-refractivity contribution < 1.29 is 0 Å². The van der Waals surface area contributed by atoms with Crippen LogP contribution in [-0.2, 0) is 0 Å². The number of nitrogens with one attached hydrogen (secondary N) is 2. The van der Waals surface area contributed by atoms with Crippen LogP contribution in [0.25, 0.3) is 0 Å². The first-order valence-electron chi connectivity index (χ1n) is 6.33. The van der Waals surface area contributed by atoms with Gasteiger partial charge in [-0.15, -0.1) is 0 Å². The largest absolute Gasteiger partial charge is 0.381 e. The van der Waals surface area contributed by atoms with E-state index in [2.05, 4.69) is 48.7 Å². The fourth-order valence-corrected chi connectivity index (χ4v) is 2.20. The zero-order chi connectivity index (χ0) is 11.4. The highest BCUT2D eigenvalue weighted by atomic mass is 15.0. The second kappa shape index (κ2) is 5.35. The van der Waals surface area contributed by atoms with E-state index < -0.39 is 0 Å². The molecular weight excluding hydrogens is 196 g/mol. The smallest absolute Gasteiger partial charge is 0.0386 e. The minimum absolute atomic E-state index is 0.594. The summed E-state index contributed by atoms with van der Waals surface area (Å²) in [6.07, 6.45) is 2.56. The molecule has 0 radical (unpaired) electrons. The standard InChI is InChI=1S/C14H22N2/c1-11(2)12-5-3-6-13(9-12)16-14-7-4-8-15-10-14/h3,5-6,9,11,14-16H,4,7-8,10H2,1-2H3. The number of rotatable bonds is 3. The summed E-state index contributed by atoms with van der Waals surface area (Å²) >= 11 is 0. The molecule has 16 heavy (non-hydrogen) atoms. The van der Waals surface area contributed by atoms with Gasteiger partial charge in [-0.3, -0.25) is 0 Å². The van der Waals surface area contributed by atoms with Crippen LogP contribution in [0.15, 0.2) is 24.3 Å². The molecule has 0 aromatic heterocycles. The molecule has 1 aromatic rings. The lowest BCUT2D eigenvalue weighted by Gasteiger charge is -2.25. The summed E-state index contributed by atoms with van der Waals surface area (Å²) in [6, 6.07) is 9.39. The Bertz CT molecular complexity index is 327. The Kier molecular flexibility index (Phi) is 3.83. The van der Waals surface area contributed by atoms with E-state index in [4.69, 9.17) is 0 Å². The number of piperidine rings is 1. The number of hydrogen-bond donors (Lipinski definition) is 2. The Labute approximate surface area is 98.4 Å². The summed E-state index contributed by atoms with van der Waals surface area (Å²) in [6.45, 7) is 6.73. The van der Waals surface area contributed by atoms with E-state index in [-0.39, 0.29) is 0 Å². The molecule has 0 saturated carbocycles. The predicted molar refractivity (Wildman–Crippen MR) is 70.0 cm³/mol. The van der Waals surface area contributed by atoms with Gasteiger partial charge in [0, 0.05) is 18.3 Å². The van der Waals surface area contributed by atoms with E-state index >= 15 is 0 Å². The van der Waals surface area contributed by atoms with E-state index in [1.807, 2.05) is 0 Å². The topological polar surface area (TPSA) is 24.1 Å². The van der Waals surface area contributed by atoms with Crippen molar-refractivity contribution in [1.82, 2.24) is 5.32 Å². The van der Waals surface area contributed by atoms with E-state index in [1.54, 1.807) is 0 Å². The van der Waals surface area contributed by atoms with Gasteiger partial charge in [0.15, 0.2) is 0 Å². The van der Waals surface area contributed by atoms with Crippen molar-refractivity contribution in [3.05, 3.63) is 29.8 Å². The summed E-state index contributed by atoms with van der Waals surface area (Å²) in [5.74, 6) is 0.603. The zero-order valence-corrected chi connectivity index (χ0v) is 10.3. The third-order valence-corrected chi connectivity index (χ3v) is 3.22. The third-order valence-electron chi connectivity index (χ3n) is 3.22. The van der Waals surface area contributed by atoms with Crippen LogP contribution in [0.2, 0.25) is 0 Å². The molecule has 0 spiro atoms. The highest BCUT2D eigenvalue weighted by Gasteiger charge is 2.12. The molecule has 1 heterocycles. The molecule has 0 amide bonds. The van der Waals surface area contributed by atoms with E-state index in [1.165, 1.54) is 30.6 Å². The second-order valence-electron chi connectivity index (χ2n) is 4.97. The van der Waals surface area contributed by atoms with Crippen LogP contribution in [0.4, 0.5) is 5.69 Å². The molecule has 1 aliphatic rings.